The topological polar surface area (TPSA) is 61.8 Å². The first-order valence-electron chi connectivity index (χ1n) is 8.73. The van der Waals surface area contributed by atoms with Gasteiger partial charge in [0.15, 0.2) is 0 Å². The molecule has 7 nitrogen and oxygen atoms in total. The van der Waals surface area contributed by atoms with Gasteiger partial charge in [-0.3, -0.25) is 0 Å². The highest BCUT2D eigenvalue weighted by atomic mass is 32.1. The number of ether oxygens (including phenoxy) is 1. The molecule has 0 unspecified atom stereocenters. The van der Waals surface area contributed by atoms with Crippen LogP contribution in [0, 0.1) is 0 Å². The summed E-state index contributed by atoms with van der Waals surface area (Å²) in [5.41, 5.74) is 1.13. The Morgan fingerprint density at radius 1 is 1.27 bits per heavy atom. The summed E-state index contributed by atoms with van der Waals surface area (Å²) in [4.78, 5) is 22.6. The van der Waals surface area contributed by atoms with Gasteiger partial charge in [-0.1, -0.05) is 12.1 Å². The van der Waals surface area contributed by atoms with Crippen LogP contribution >= 0.6 is 11.5 Å². The molecule has 1 aliphatic rings. The number of urea groups is 1. The standard InChI is InChI=1S/C18H25N5O2S/c1-21(2)18(24)23-9-5-8-22(10-11-23)17-19-16(20-26-17)13-14-6-4-7-15(12-14)25-3/h4,6-7,12H,5,8-11,13H2,1-3H3. The van der Waals surface area contributed by atoms with Crippen LogP contribution in [0.25, 0.3) is 0 Å². The molecule has 8 heteroatoms. The Morgan fingerprint density at radius 3 is 2.88 bits per heavy atom. The van der Waals surface area contributed by atoms with E-state index in [1.165, 1.54) is 11.5 Å². The molecule has 0 bridgehead atoms. The van der Waals surface area contributed by atoms with E-state index in [0.717, 1.165) is 48.3 Å². The largest absolute Gasteiger partial charge is 0.497 e. The zero-order valence-electron chi connectivity index (χ0n) is 15.5. The van der Waals surface area contributed by atoms with Gasteiger partial charge in [0.2, 0.25) is 5.13 Å². The Hall–Kier alpha value is -2.35. The molecule has 1 aliphatic heterocycles. The average molecular weight is 375 g/mol. The number of hydrogen-bond donors (Lipinski definition) is 0. The van der Waals surface area contributed by atoms with Crippen molar-refractivity contribution >= 4 is 22.7 Å². The summed E-state index contributed by atoms with van der Waals surface area (Å²) in [6, 6.07) is 8.05. The minimum atomic E-state index is 0.0721. The van der Waals surface area contributed by atoms with Crippen LogP contribution in [0.3, 0.4) is 0 Å². The van der Waals surface area contributed by atoms with Crippen LogP contribution in [-0.2, 0) is 6.42 Å². The molecule has 0 radical (unpaired) electrons. The molecule has 3 rings (SSSR count). The number of carbonyl (C=O) groups is 1. The SMILES string of the molecule is COc1cccc(Cc2nsc(N3CCCN(C(=O)N(C)C)CC3)n2)c1. The lowest BCUT2D eigenvalue weighted by Crippen LogP contribution is -2.41. The monoisotopic (exact) mass is 375 g/mol. The molecule has 0 aliphatic carbocycles. The Balaban J connectivity index is 1.63. The van der Waals surface area contributed by atoms with Gasteiger partial charge >= 0.3 is 6.03 Å². The van der Waals surface area contributed by atoms with Crippen molar-refractivity contribution in [2.75, 3.05) is 52.3 Å². The predicted molar refractivity (Wildman–Crippen MR) is 103 cm³/mol. The van der Waals surface area contributed by atoms with Gasteiger partial charge in [0.25, 0.3) is 0 Å². The second-order valence-electron chi connectivity index (χ2n) is 6.53. The lowest BCUT2D eigenvalue weighted by Gasteiger charge is -2.24. The minimum absolute atomic E-state index is 0.0721. The number of amides is 2. The first-order chi connectivity index (χ1) is 12.6. The highest BCUT2D eigenvalue weighted by Crippen LogP contribution is 2.22. The maximum Gasteiger partial charge on any atom is 0.319 e. The number of aromatic nitrogens is 2. The molecule has 1 aromatic carbocycles. The zero-order chi connectivity index (χ0) is 18.5. The number of carbonyl (C=O) groups excluding carboxylic acids is 1. The molecule has 140 valence electrons. The van der Waals surface area contributed by atoms with Crippen LogP contribution in [0.1, 0.15) is 17.8 Å². The molecule has 0 saturated carbocycles. The summed E-state index contributed by atoms with van der Waals surface area (Å²) in [5.74, 6) is 1.67. The average Bonchev–Trinajstić information content (AvgIpc) is 2.96. The molecule has 0 N–H and O–H groups in total. The van der Waals surface area contributed by atoms with E-state index < -0.39 is 0 Å². The molecule has 2 amide bonds. The summed E-state index contributed by atoms with van der Waals surface area (Å²) in [7, 11) is 5.25. The van der Waals surface area contributed by atoms with Crippen molar-refractivity contribution in [2.24, 2.45) is 0 Å². The summed E-state index contributed by atoms with van der Waals surface area (Å²) >= 11 is 1.43. The van der Waals surface area contributed by atoms with Crippen molar-refractivity contribution < 1.29 is 9.53 Å². The van der Waals surface area contributed by atoms with E-state index in [1.54, 1.807) is 26.1 Å². The van der Waals surface area contributed by atoms with Gasteiger partial charge in [0, 0.05) is 58.2 Å². The van der Waals surface area contributed by atoms with Gasteiger partial charge < -0.3 is 19.4 Å². The first-order valence-corrected chi connectivity index (χ1v) is 9.51. The third kappa shape index (κ3) is 4.43. The summed E-state index contributed by atoms with van der Waals surface area (Å²) < 4.78 is 9.79. The molecule has 1 saturated heterocycles. The second-order valence-corrected chi connectivity index (χ2v) is 7.26. The maximum absolute atomic E-state index is 12.2. The Kier molecular flexibility index (Phi) is 5.92. The van der Waals surface area contributed by atoms with Crippen molar-refractivity contribution in [2.45, 2.75) is 12.8 Å². The number of rotatable bonds is 4. The van der Waals surface area contributed by atoms with Crippen molar-refractivity contribution in [1.29, 1.82) is 0 Å². The van der Waals surface area contributed by atoms with Crippen molar-refractivity contribution in [1.82, 2.24) is 19.2 Å². The lowest BCUT2D eigenvalue weighted by molar-refractivity contribution is 0.174. The van der Waals surface area contributed by atoms with Crippen LogP contribution in [-0.4, -0.2) is 72.6 Å². The lowest BCUT2D eigenvalue weighted by atomic mass is 10.1. The van der Waals surface area contributed by atoms with Gasteiger partial charge in [-0.2, -0.15) is 4.37 Å². The van der Waals surface area contributed by atoms with Crippen LogP contribution in [0.4, 0.5) is 9.93 Å². The van der Waals surface area contributed by atoms with Gasteiger partial charge in [-0.05, 0) is 24.1 Å². The van der Waals surface area contributed by atoms with Gasteiger partial charge in [0.05, 0.1) is 7.11 Å². The maximum atomic E-state index is 12.2. The normalized spacial score (nSPS) is 14.9. The van der Waals surface area contributed by atoms with Crippen LogP contribution in [0.2, 0.25) is 0 Å². The molecule has 0 spiro atoms. The number of nitrogens with zero attached hydrogens (tertiary/aromatic N) is 5. The Morgan fingerprint density at radius 2 is 2.12 bits per heavy atom. The Bertz CT molecular complexity index is 749. The highest BCUT2D eigenvalue weighted by Gasteiger charge is 2.22. The number of hydrogen-bond acceptors (Lipinski definition) is 6. The van der Waals surface area contributed by atoms with Crippen LogP contribution in [0.15, 0.2) is 24.3 Å². The molecular formula is C18H25N5O2S. The van der Waals surface area contributed by atoms with Crippen LogP contribution in [0.5, 0.6) is 5.75 Å². The second kappa shape index (κ2) is 8.35. The molecular weight excluding hydrogens is 350 g/mol. The summed E-state index contributed by atoms with van der Waals surface area (Å²) in [6.45, 7) is 3.17. The molecule has 2 aromatic rings. The Labute approximate surface area is 158 Å². The summed E-state index contributed by atoms with van der Waals surface area (Å²) in [6.07, 6.45) is 1.62. The van der Waals surface area contributed by atoms with Crippen molar-refractivity contribution in [3.8, 4) is 5.75 Å². The van der Waals surface area contributed by atoms with Gasteiger partial charge in [-0.25, -0.2) is 9.78 Å². The fourth-order valence-corrected chi connectivity index (χ4v) is 3.73. The van der Waals surface area contributed by atoms with Gasteiger partial charge in [-0.15, -0.1) is 0 Å². The quantitative estimate of drug-likeness (QED) is 0.821. The third-order valence-corrected chi connectivity index (χ3v) is 5.19. The number of anilines is 1. The molecule has 2 heterocycles. The fraction of sp³-hybridized carbons (Fsp3) is 0.500. The smallest absolute Gasteiger partial charge is 0.319 e. The molecule has 0 atom stereocenters. The van der Waals surface area contributed by atoms with E-state index in [0.29, 0.717) is 13.0 Å². The first kappa shape index (κ1) is 18.4. The minimum Gasteiger partial charge on any atom is -0.497 e. The van der Waals surface area contributed by atoms with Gasteiger partial charge in [0.1, 0.15) is 11.6 Å². The fourth-order valence-electron chi connectivity index (χ4n) is 2.99. The van der Waals surface area contributed by atoms with Crippen LogP contribution < -0.4 is 9.64 Å². The molecule has 1 aromatic heterocycles. The van der Waals surface area contributed by atoms with E-state index in [4.69, 9.17) is 9.72 Å². The molecule has 1 fully saturated rings. The van der Waals surface area contributed by atoms with E-state index in [1.807, 2.05) is 23.1 Å². The van der Waals surface area contributed by atoms with E-state index >= 15 is 0 Å². The van der Waals surface area contributed by atoms with E-state index in [9.17, 15) is 4.79 Å². The van der Waals surface area contributed by atoms with E-state index in [-0.39, 0.29) is 6.03 Å². The predicted octanol–water partition coefficient (Wildman–Crippen LogP) is 2.33. The van der Waals surface area contributed by atoms with E-state index in [2.05, 4.69) is 15.3 Å². The summed E-state index contributed by atoms with van der Waals surface area (Å²) in [5, 5.41) is 0.932. The van der Waals surface area contributed by atoms with Crippen molar-refractivity contribution in [3.63, 3.8) is 0 Å². The van der Waals surface area contributed by atoms with Crippen molar-refractivity contribution in [3.05, 3.63) is 35.7 Å². The number of benzene rings is 1. The zero-order valence-corrected chi connectivity index (χ0v) is 16.3. The molecule has 26 heavy (non-hydrogen) atoms. The highest BCUT2D eigenvalue weighted by molar-refractivity contribution is 7.09. The number of methoxy groups -OCH3 is 1. The third-order valence-electron chi connectivity index (χ3n) is 4.37.